The summed E-state index contributed by atoms with van der Waals surface area (Å²) < 4.78 is 5.54. The van der Waals surface area contributed by atoms with Crippen LogP contribution in [-0.2, 0) is 13.0 Å². The van der Waals surface area contributed by atoms with Gasteiger partial charge in [-0.25, -0.2) is 14.8 Å². The molecule has 148 valence electrons. The molecule has 0 atom stereocenters. The minimum atomic E-state index is -0.302. The number of amides is 1. The third kappa shape index (κ3) is 5.36. The van der Waals surface area contributed by atoms with Gasteiger partial charge in [-0.2, -0.15) is 0 Å². The first kappa shape index (κ1) is 19.0. The Bertz CT molecular complexity index is 911. The van der Waals surface area contributed by atoms with Gasteiger partial charge < -0.3 is 9.64 Å². The van der Waals surface area contributed by atoms with Crippen molar-refractivity contribution in [3.05, 3.63) is 84.2 Å². The predicted octanol–water partition coefficient (Wildman–Crippen LogP) is 2.78. The first-order valence-electron chi connectivity index (χ1n) is 9.69. The zero-order valence-corrected chi connectivity index (χ0v) is 16.1. The summed E-state index contributed by atoms with van der Waals surface area (Å²) in [4.78, 5) is 29.0. The molecule has 3 heterocycles. The maximum absolute atomic E-state index is 12.5. The van der Waals surface area contributed by atoms with Crippen LogP contribution in [0.15, 0.2) is 67.3 Å². The molecule has 2 aromatic heterocycles. The van der Waals surface area contributed by atoms with E-state index in [4.69, 9.17) is 4.74 Å². The van der Waals surface area contributed by atoms with Gasteiger partial charge in [-0.3, -0.25) is 9.88 Å². The van der Waals surface area contributed by atoms with E-state index in [0.717, 1.165) is 43.0 Å². The Labute approximate surface area is 170 Å². The van der Waals surface area contributed by atoms with Gasteiger partial charge in [0, 0.05) is 57.2 Å². The minimum Gasteiger partial charge on any atom is -0.410 e. The summed E-state index contributed by atoms with van der Waals surface area (Å²) in [6, 6.07) is 15.4. The zero-order valence-electron chi connectivity index (χ0n) is 16.1. The lowest BCUT2D eigenvalue weighted by Gasteiger charge is -2.33. The zero-order chi connectivity index (χ0) is 19.9. The molecule has 0 spiro atoms. The molecule has 1 amide bonds. The fourth-order valence-corrected chi connectivity index (χ4v) is 3.28. The number of aromatic nitrogens is 3. The van der Waals surface area contributed by atoms with Crippen molar-refractivity contribution in [3.63, 3.8) is 0 Å². The SMILES string of the molecule is O=C(Oc1ccc(Cc2ccccn2)cc1)N1CCN(Cc2ccncn2)CC1. The fourth-order valence-electron chi connectivity index (χ4n) is 3.28. The van der Waals surface area contributed by atoms with E-state index < -0.39 is 0 Å². The highest BCUT2D eigenvalue weighted by atomic mass is 16.6. The summed E-state index contributed by atoms with van der Waals surface area (Å²) in [6.07, 6.45) is 5.55. The highest BCUT2D eigenvalue weighted by Crippen LogP contribution is 2.16. The van der Waals surface area contributed by atoms with Crippen molar-refractivity contribution >= 4 is 6.09 Å². The largest absolute Gasteiger partial charge is 0.415 e. The number of pyridine rings is 1. The Morgan fingerprint density at radius 2 is 1.72 bits per heavy atom. The van der Waals surface area contributed by atoms with Crippen LogP contribution in [0.1, 0.15) is 17.0 Å². The molecular weight excluding hydrogens is 366 g/mol. The van der Waals surface area contributed by atoms with Crippen molar-refractivity contribution in [2.45, 2.75) is 13.0 Å². The van der Waals surface area contributed by atoms with Gasteiger partial charge >= 0.3 is 6.09 Å². The minimum absolute atomic E-state index is 0.302. The Balaban J connectivity index is 1.25. The number of carbonyl (C=O) groups excluding carboxylic acids is 1. The molecule has 1 saturated heterocycles. The summed E-state index contributed by atoms with van der Waals surface area (Å²) in [5, 5.41) is 0. The average molecular weight is 389 g/mol. The van der Waals surface area contributed by atoms with Crippen molar-refractivity contribution in [1.29, 1.82) is 0 Å². The Kier molecular flexibility index (Phi) is 6.07. The van der Waals surface area contributed by atoms with E-state index in [-0.39, 0.29) is 6.09 Å². The molecule has 1 aliphatic heterocycles. The number of benzene rings is 1. The van der Waals surface area contributed by atoms with E-state index in [1.54, 1.807) is 23.6 Å². The van der Waals surface area contributed by atoms with Gasteiger partial charge in [0.25, 0.3) is 0 Å². The molecule has 0 radical (unpaired) electrons. The van der Waals surface area contributed by atoms with Crippen LogP contribution in [0, 0.1) is 0 Å². The van der Waals surface area contributed by atoms with Crippen LogP contribution in [0.2, 0.25) is 0 Å². The Morgan fingerprint density at radius 3 is 2.41 bits per heavy atom. The van der Waals surface area contributed by atoms with E-state index in [0.29, 0.717) is 18.8 Å². The number of carbonyl (C=O) groups is 1. The van der Waals surface area contributed by atoms with Crippen molar-refractivity contribution in [1.82, 2.24) is 24.8 Å². The van der Waals surface area contributed by atoms with Gasteiger partial charge in [-0.05, 0) is 35.9 Å². The van der Waals surface area contributed by atoms with Gasteiger partial charge in [0.2, 0.25) is 0 Å². The van der Waals surface area contributed by atoms with Crippen molar-refractivity contribution in [2.24, 2.45) is 0 Å². The molecule has 0 saturated carbocycles. The molecule has 1 aromatic carbocycles. The number of hydrogen-bond donors (Lipinski definition) is 0. The fraction of sp³-hybridized carbons (Fsp3) is 0.273. The first-order chi connectivity index (χ1) is 14.3. The van der Waals surface area contributed by atoms with Crippen LogP contribution in [-0.4, -0.2) is 57.0 Å². The second-order valence-electron chi connectivity index (χ2n) is 6.97. The van der Waals surface area contributed by atoms with E-state index in [1.807, 2.05) is 48.5 Å². The Morgan fingerprint density at radius 1 is 0.897 bits per heavy atom. The van der Waals surface area contributed by atoms with Crippen LogP contribution < -0.4 is 4.74 Å². The maximum atomic E-state index is 12.5. The van der Waals surface area contributed by atoms with E-state index in [9.17, 15) is 4.79 Å². The van der Waals surface area contributed by atoms with E-state index in [1.165, 1.54) is 0 Å². The second-order valence-corrected chi connectivity index (χ2v) is 6.97. The summed E-state index contributed by atoms with van der Waals surface area (Å²) in [6.45, 7) is 3.64. The third-order valence-electron chi connectivity index (χ3n) is 4.90. The normalized spacial score (nSPS) is 14.6. The second kappa shape index (κ2) is 9.25. The summed E-state index contributed by atoms with van der Waals surface area (Å²) >= 11 is 0. The molecule has 0 bridgehead atoms. The smallest absolute Gasteiger partial charge is 0.410 e. The van der Waals surface area contributed by atoms with Crippen LogP contribution in [0.5, 0.6) is 5.75 Å². The quantitative estimate of drug-likeness (QED) is 0.668. The number of rotatable bonds is 5. The highest BCUT2D eigenvalue weighted by Gasteiger charge is 2.22. The van der Waals surface area contributed by atoms with Gasteiger partial charge in [-0.15, -0.1) is 0 Å². The molecule has 0 unspecified atom stereocenters. The third-order valence-corrected chi connectivity index (χ3v) is 4.90. The van der Waals surface area contributed by atoms with Crippen molar-refractivity contribution < 1.29 is 9.53 Å². The summed E-state index contributed by atoms with van der Waals surface area (Å²) in [5.74, 6) is 0.559. The molecule has 1 aliphatic rings. The number of nitrogens with zero attached hydrogens (tertiary/aromatic N) is 5. The molecule has 3 aromatic rings. The van der Waals surface area contributed by atoms with Gasteiger partial charge in [0.05, 0.1) is 5.69 Å². The molecule has 7 nitrogen and oxygen atoms in total. The van der Waals surface area contributed by atoms with Crippen molar-refractivity contribution in [3.8, 4) is 5.75 Å². The van der Waals surface area contributed by atoms with E-state index >= 15 is 0 Å². The highest BCUT2D eigenvalue weighted by molar-refractivity contribution is 5.70. The lowest BCUT2D eigenvalue weighted by molar-refractivity contribution is 0.107. The van der Waals surface area contributed by atoms with Crippen LogP contribution in [0.25, 0.3) is 0 Å². The maximum Gasteiger partial charge on any atom is 0.415 e. The molecule has 0 aliphatic carbocycles. The lowest BCUT2D eigenvalue weighted by Crippen LogP contribution is -2.49. The van der Waals surface area contributed by atoms with Gasteiger partial charge in [0.1, 0.15) is 12.1 Å². The summed E-state index contributed by atoms with van der Waals surface area (Å²) in [7, 11) is 0. The van der Waals surface area contributed by atoms with Crippen molar-refractivity contribution in [2.75, 3.05) is 26.2 Å². The number of ether oxygens (including phenoxy) is 1. The van der Waals surface area contributed by atoms with E-state index in [2.05, 4.69) is 19.9 Å². The molecule has 0 N–H and O–H groups in total. The molecule has 4 rings (SSSR count). The van der Waals surface area contributed by atoms with Crippen LogP contribution in [0.4, 0.5) is 4.79 Å². The Hall–Kier alpha value is -3.32. The topological polar surface area (TPSA) is 71.5 Å². The molecule has 29 heavy (non-hydrogen) atoms. The average Bonchev–Trinajstić information content (AvgIpc) is 2.77. The number of piperazine rings is 1. The number of hydrogen-bond acceptors (Lipinski definition) is 6. The van der Waals surface area contributed by atoms with Crippen LogP contribution in [0.3, 0.4) is 0 Å². The molecular formula is C22H23N5O2. The summed E-state index contributed by atoms with van der Waals surface area (Å²) in [5.41, 5.74) is 3.13. The molecule has 7 heteroatoms. The molecule has 1 fully saturated rings. The van der Waals surface area contributed by atoms with Gasteiger partial charge in [0.15, 0.2) is 0 Å². The standard InChI is InChI=1S/C22H23N5O2/c28-22(27-13-11-26(12-14-27)16-20-8-10-23-17-25-20)29-21-6-4-18(5-7-21)15-19-3-1-2-9-24-19/h1-10,17H,11-16H2. The van der Waals surface area contributed by atoms with Gasteiger partial charge in [-0.1, -0.05) is 18.2 Å². The predicted molar refractivity (Wildman–Crippen MR) is 108 cm³/mol. The lowest BCUT2D eigenvalue weighted by atomic mass is 10.1. The monoisotopic (exact) mass is 389 g/mol. The van der Waals surface area contributed by atoms with Crippen LogP contribution >= 0.6 is 0 Å². The first-order valence-corrected chi connectivity index (χ1v) is 9.69.